The number of hydrogen-bond acceptors (Lipinski definition) is 4. The summed E-state index contributed by atoms with van der Waals surface area (Å²) >= 11 is 0. The molecule has 116 valence electrons. The summed E-state index contributed by atoms with van der Waals surface area (Å²) in [6.07, 6.45) is 2.01. The molecule has 0 aliphatic rings. The molecule has 0 aliphatic carbocycles. The smallest absolute Gasteiger partial charge is 0.290 e. The Labute approximate surface area is 120 Å². The second kappa shape index (κ2) is 5.63. The second-order valence-corrected chi connectivity index (χ2v) is 8.45. The summed E-state index contributed by atoms with van der Waals surface area (Å²) in [4.78, 5) is 12.3. The molecule has 0 unspecified atom stereocenters. The van der Waals surface area contributed by atoms with Crippen molar-refractivity contribution in [3.63, 3.8) is 0 Å². The Morgan fingerprint density at radius 2 is 1.70 bits per heavy atom. The first-order valence-corrected chi connectivity index (χ1v) is 8.82. The number of anilines is 1. The predicted octanol–water partition coefficient (Wildman–Crippen LogP) is 0.984. The third kappa shape index (κ3) is 3.65. The summed E-state index contributed by atoms with van der Waals surface area (Å²) in [6.45, 7) is 8.76. The standard InChI is InChI=1S/C13H25N3O3S/c1-6-7-15-11(13(2,3)4)10(14)12(17)16(15)8-9-20(5,18)19/h6-9,14H2,1-5H3. The summed E-state index contributed by atoms with van der Waals surface area (Å²) in [5.74, 6) is -0.0658. The zero-order chi connectivity index (χ0) is 15.7. The van der Waals surface area contributed by atoms with E-state index in [-0.39, 0.29) is 29.0 Å². The van der Waals surface area contributed by atoms with Gasteiger partial charge in [0.05, 0.1) is 18.0 Å². The van der Waals surface area contributed by atoms with Gasteiger partial charge in [-0.1, -0.05) is 27.7 Å². The van der Waals surface area contributed by atoms with Crippen LogP contribution < -0.4 is 11.3 Å². The van der Waals surface area contributed by atoms with E-state index in [9.17, 15) is 13.2 Å². The van der Waals surface area contributed by atoms with E-state index in [1.54, 1.807) is 0 Å². The first kappa shape index (κ1) is 16.8. The fourth-order valence-corrected chi connectivity index (χ4v) is 2.82. The van der Waals surface area contributed by atoms with Crippen LogP contribution >= 0.6 is 0 Å². The molecule has 0 bridgehead atoms. The molecule has 6 nitrogen and oxygen atoms in total. The monoisotopic (exact) mass is 303 g/mol. The van der Waals surface area contributed by atoms with Crippen LogP contribution in [0.25, 0.3) is 0 Å². The Morgan fingerprint density at radius 3 is 2.10 bits per heavy atom. The Balaban J connectivity index is 3.40. The van der Waals surface area contributed by atoms with Gasteiger partial charge in [-0.2, -0.15) is 0 Å². The second-order valence-electron chi connectivity index (χ2n) is 6.19. The third-order valence-corrected chi connectivity index (χ3v) is 4.01. The Kier molecular flexibility index (Phi) is 4.74. The molecular formula is C13H25N3O3S. The van der Waals surface area contributed by atoms with Gasteiger partial charge in [0.2, 0.25) is 0 Å². The van der Waals surface area contributed by atoms with Gasteiger partial charge in [-0.25, -0.2) is 13.1 Å². The lowest BCUT2D eigenvalue weighted by Gasteiger charge is -2.23. The summed E-state index contributed by atoms with van der Waals surface area (Å²) in [5.41, 5.74) is 6.39. The molecule has 1 aromatic rings. The van der Waals surface area contributed by atoms with Crippen molar-refractivity contribution in [2.24, 2.45) is 0 Å². The minimum atomic E-state index is -3.12. The van der Waals surface area contributed by atoms with Gasteiger partial charge in [-0.15, -0.1) is 0 Å². The minimum Gasteiger partial charge on any atom is -0.393 e. The van der Waals surface area contributed by atoms with E-state index in [2.05, 4.69) is 0 Å². The third-order valence-electron chi connectivity index (χ3n) is 3.09. The number of nitrogens with two attached hydrogens (primary N) is 1. The number of rotatable bonds is 5. The zero-order valence-corrected chi connectivity index (χ0v) is 13.7. The van der Waals surface area contributed by atoms with Gasteiger partial charge >= 0.3 is 0 Å². The number of sulfone groups is 1. The van der Waals surface area contributed by atoms with Crippen molar-refractivity contribution in [2.75, 3.05) is 17.7 Å². The summed E-state index contributed by atoms with van der Waals surface area (Å²) < 4.78 is 25.9. The average Bonchev–Trinajstić information content (AvgIpc) is 2.48. The maximum atomic E-state index is 12.3. The van der Waals surface area contributed by atoms with Gasteiger partial charge in [0.25, 0.3) is 5.56 Å². The van der Waals surface area contributed by atoms with E-state index in [1.165, 1.54) is 10.9 Å². The maximum Gasteiger partial charge on any atom is 0.290 e. The summed E-state index contributed by atoms with van der Waals surface area (Å²) in [7, 11) is -3.12. The molecule has 0 fully saturated rings. The van der Waals surface area contributed by atoms with E-state index in [0.29, 0.717) is 6.54 Å². The zero-order valence-electron chi connectivity index (χ0n) is 12.9. The van der Waals surface area contributed by atoms with Gasteiger partial charge in [0.1, 0.15) is 15.5 Å². The van der Waals surface area contributed by atoms with Crippen molar-refractivity contribution in [3.05, 3.63) is 16.0 Å². The molecule has 0 aromatic carbocycles. The van der Waals surface area contributed by atoms with Crippen molar-refractivity contribution < 1.29 is 8.42 Å². The lowest BCUT2D eigenvalue weighted by Crippen LogP contribution is -2.28. The van der Waals surface area contributed by atoms with Crippen LogP contribution in [0, 0.1) is 0 Å². The van der Waals surface area contributed by atoms with Crippen molar-refractivity contribution in [2.45, 2.75) is 52.6 Å². The largest absolute Gasteiger partial charge is 0.393 e. The van der Waals surface area contributed by atoms with E-state index in [1.807, 2.05) is 32.4 Å². The van der Waals surface area contributed by atoms with Crippen molar-refractivity contribution in [3.8, 4) is 0 Å². The fourth-order valence-electron chi connectivity index (χ4n) is 2.32. The van der Waals surface area contributed by atoms with E-state index < -0.39 is 9.84 Å². The van der Waals surface area contributed by atoms with Gasteiger partial charge in [-0.3, -0.25) is 9.48 Å². The number of aromatic nitrogens is 2. The van der Waals surface area contributed by atoms with Gasteiger partial charge < -0.3 is 5.73 Å². The van der Waals surface area contributed by atoms with Gasteiger partial charge in [0.15, 0.2) is 0 Å². The normalized spacial score (nSPS) is 12.8. The van der Waals surface area contributed by atoms with Crippen LogP contribution in [-0.2, 0) is 28.3 Å². The summed E-state index contributed by atoms with van der Waals surface area (Å²) in [5, 5.41) is 0. The Bertz CT molecular complexity index is 633. The van der Waals surface area contributed by atoms with Crippen LogP contribution in [0.15, 0.2) is 4.79 Å². The lowest BCUT2D eigenvalue weighted by molar-refractivity contribution is 0.405. The highest BCUT2D eigenvalue weighted by molar-refractivity contribution is 7.90. The minimum absolute atomic E-state index is 0.0658. The van der Waals surface area contributed by atoms with Crippen LogP contribution in [0.3, 0.4) is 0 Å². The number of hydrogen-bond donors (Lipinski definition) is 1. The fraction of sp³-hybridized carbons (Fsp3) is 0.769. The summed E-state index contributed by atoms with van der Waals surface area (Å²) in [6, 6.07) is 0. The molecule has 0 radical (unpaired) electrons. The van der Waals surface area contributed by atoms with Crippen LogP contribution in [0.1, 0.15) is 39.8 Å². The molecule has 0 saturated heterocycles. The quantitative estimate of drug-likeness (QED) is 0.878. The molecule has 1 heterocycles. The van der Waals surface area contributed by atoms with E-state index >= 15 is 0 Å². The van der Waals surface area contributed by atoms with Crippen LogP contribution in [-0.4, -0.2) is 29.8 Å². The van der Waals surface area contributed by atoms with E-state index in [0.717, 1.165) is 12.1 Å². The maximum absolute atomic E-state index is 12.3. The molecule has 1 aromatic heterocycles. The topological polar surface area (TPSA) is 87.1 Å². The van der Waals surface area contributed by atoms with E-state index in [4.69, 9.17) is 5.73 Å². The molecule has 2 N–H and O–H groups in total. The van der Waals surface area contributed by atoms with Gasteiger partial charge in [0, 0.05) is 18.2 Å². The molecule has 1 rings (SSSR count). The first-order valence-electron chi connectivity index (χ1n) is 6.76. The van der Waals surface area contributed by atoms with Crippen molar-refractivity contribution in [1.82, 2.24) is 9.36 Å². The van der Waals surface area contributed by atoms with Crippen molar-refractivity contribution in [1.29, 1.82) is 0 Å². The highest BCUT2D eigenvalue weighted by atomic mass is 32.2. The van der Waals surface area contributed by atoms with Gasteiger partial charge in [-0.05, 0) is 6.42 Å². The molecule has 7 heteroatoms. The van der Waals surface area contributed by atoms with Crippen molar-refractivity contribution >= 4 is 15.5 Å². The molecule has 0 aliphatic heterocycles. The lowest BCUT2D eigenvalue weighted by atomic mass is 9.91. The first-order chi connectivity index (χ1) is 8.99. The van der Waals surface area contributed by atoms with Crippen LogP contribution in [0.4, 0.5) is 5.69 Å². The molecular weight excluding hydrogens is 278 g/mol. The Morgan fingerprint density at radius 1 is 1.15 bits per heavy atom. The molecule has 0 amide bonds. The molecule has 20 heavy (non-hydrogen) atoms. The molecule has 0 spiro atoms. The number of nitrogens with zero attached hydrogens (tertiary/aromatic N) is 2. The highest BCUT2D eigenvalue weighted by Gasteiger charge is 2.27. The number of nitrogen functional groups attached to an aromatic ring is 1. The SMILES string of the molecule is CCCn1c(C(C)(C)C)c(N)c(=O)n1CCS(C)(=O)=O. The average molecular weight is 303 g/mol. The Hall–Kier alpha value is -1.24. The predicted molar refractivity (Wildman–Crippen MR) is 81.8 cm³/mol. The molecule has 0 saturated carbocycles. The van der Waals surface area contributed by atoms with Crippen LogP contribution in [0.5, 0.6) is 0 Å². The molecule has 0 atom stereocenters. The van der Waals surface area contributed by atoms with Crippen LogP contribution in [0.2, 0.25) is 0 Å². The highest BCUT2D eigenvalue weighted by Crippen LogP contribution is 2.26.